The van der Waals surface area contributed by atoms with Crippen LogP contribution in [0.1, 0.15) is 24.5 Å². The molecule has 1 aromatic heterocycles. The van der Waals surface area contributed by atoms with Gasteiger partial charge >= 0.3 is 0 Å². The molecule has 5 nitrogen and oxygen atoms in total. The number of aromatic nitrogens is 1. The van der Waals surface area contributed by atoms with E-state index in [1.165, 1.54) is 0 Å². The second-order valence-corrected chi connectivity index (χ2v) is 6.72. The van der Waals surface area contributed by atoms with Gasteiger partial charge in [-0.1, -0.05) is 6.07 Å². The van der Waals surface area contributed by atoms with Gasteiger partial charge in [-0.15, -0.1) is 0 Å². The maximum atomic E-state index is 12.3. The maximum absolute atomic E-state index is 12.3. The number of likely N-dealkylation sites (N-methyl/N-ethyl adjacent to an activating group) is 1. The third kappa shape index (κ3) is 2.02. The molecule has 4 heterocycles. The highest BCUT2D eigenvalue weighted by molar-refractivity contribution is 5.83. The Balaban J connectivity index is 1.63. The Hall–Kier alpha value is -1.62. The topological polar surface area (TPSA) is 45.5 Å². The maximum Gasteiger partial charge on any atom is 0.250 e. The molecule has 21 heavy (non-hydrogen) atoms. The van der Waals surface area contributed by atoms with Crippen molar-refractivity contribution < 1.29 is 4.79 Å². The van der Waals surface area contributed by atoms with Crippen molar-refractivity contribution in [3.63, 3.8) is 0 Å². The standard InChI is InChI=1S/C16H21N3O2/c1-17-6-5-14(16(17)21)18-8-11-7-12(10-18)13-3-2-4-15(20)19(13)9-11/h2-4,11-12,14H,5-10H2,1H3. The summed E-state index contributed by atoms with van der Waals surface area (Å²) in [5, 5.41) is 0. The molecule has 2 fully saturated rings. The lowest BCUT2D eigenvalue weighted by molar-refractivity contribution is -0.131. The summed E-state index contributed by atoms with van der Waals surface area (Å²) >= 11 is 0. The number of nitrogens with zero attached hydrogens (tertiary/aromatic N) is 3. The summed E-state index contributed by atoms with van der Waals surface area (Å²) < 4.78 is 1.94. The Labute approximate surface area is 124 Å². The summed E-state index contributed by atoms with van der Waals surface area (Å²) in [7, 11) is 1.89. The van der Waals surface area contributed by atoms with Gasteiger partial charge in [0.1, 0.15) is 0 Å². The Morgan fingerprint density at radius 2 is 2.00 bits per heavy atom. The summed E-state index contributed by atoms with van der Waals surface area (Å²) in [5.74, 6) is 1.15. The van der Waals surface area contributed by atoms with E-state index < -0.39 is 0 Å². The third-order valence-electron chi connectivity index (χ3n) is 5.35. The quantitative estimate of drug-likeness (QED) is 0.755. The Morgan fingerprint density at radius 3 is 2.76 bits per heavy atom. The van der Waals surface area contributed by atoms with Crippen molar-refractivity contribution in [2.45, 2.75) is 31.3 Å². The summed E-state index contributed by atoms with van der Waals surface area (Å²) in [6, 6.07) is 5.65. The molecule has 3 atom stereocenters. The van der Waals surface area contributed by atoms with Crippen molar-refractivity contribution in [1.82, 2.24) is 14.4 Å². The van der Waals surface area contributed by atoms with Crippen molar-refractivity contribution in [1.29, 1.82) is 0 Å². The molecule has 3 aliphatic rings. The molecule has 2 bridgehead atoms. The summed E-state index contributed by atoms with van der Waals surface area (Å²) in [6.45, 7) is 3.52. The number of hydrogen-bond acceptors (Lipinski definition) is 3. The van der Waals surface area contributed by atoms with Gasteiger partial charge in [-0.3, -0.25) is 14.5 Å². The number of carbonyl (C=O) groups is 1. The van der Waals surface area contributed by atoms with Gasteiger partial charge < -0.3 is 9.47 Å². The molecule has 4 rings (SSSR count). The molecule has 0 aliphatic carbocycles. The van der Waals surface area contributed by atoms with Gasteiger partial charge in [0.05, 0.1) is 6.04 Å². The van der Waals surface area contributed by atoms with E-state index in [2.05, 4.69) is 11.0 Å². The van der Waals surface area contributed by atoms with Crippen LogP contribution in [-0.4, -0.2) is 53.0 Å². The molecular weight excluding hydrogens is 266 g/mol. The number of rotatable bonds is 1. The minimum Gasteiger partial charge on any atom is -0.344 e. The number of hydrogen-bond donors (Lipinski definition) is 0. The average Bonchev–Trinajstić information content (AvgIpc) is 2.80. The molecule has 5 heteroatoms. The molecule has 112 valence electrons. The summed E-state index contributed by atoms with van der Waals surface area (Å²) in [4.78, 5) is 28.5. The van der Waals surface area contributed by atoms with Crippen LogP contribution < -0.4 is 5.56 Å². The van der Waals surface area contributed by atoms with Crippen molar-refractivity contribution in [2.75, 3.05) is 26.7 Å². The van der Waals surface area contributed by atoms with E-state index in [9.17, 15) is 9.59 Å². The number of carbonyl (C=O) groups excluding carboxylic acids is 1. The molecule has 1 aromatic rings. The molecule has 0 saturated carbocycles. The molecule has 2 saturated heterocycles. The minimum absolute atomic E-state index is 0.0577. The summed E-state index contributed by atoms with van der Waals surface area (Å²) in [5.41, 5.74) is 1.27. The Morgan fingerprint density at radius 1 is 1.14 bits per heavy atom. The lowest BCUT2D eigenvalue weighted by Gasteiger charge is -2.44. The van der Waals surface area contributed by atoms with Gasteiger partial charge in [-0.25, -0.2) is 0 Å². The van der Waals surface area contributed by atoms with E-state index in [-0.39, 0.29) is 17.5 Å². The number of piperidine rings is 1. The van der Waals surface area contributed by atoms with Crippen molar-refractivity contribution in [3.8, 4) is 0 Å². The first kappa shape index (κ1) is 13.1. The highest BCUT2D eigenvalue weighted by atomic mass is 16.2. The third-order valence-corrected chi connectivity index (χ3v) is 5.35. The first-order valence-electron chi connectivity index (χ1n) is 7.82. The van der Waals surface area contributed by atoms with Crippen LogP contribution in [0, 0.1) is 5.92 Å². The lowest BCUT2D eigenvalue weighted by atomic mass is 9.82. The largest absolute Gasteiger partial charge is 0.344 e. The SMILES string of the molecule is CN1CCC(N2CC3CC(C2)c2cccc(=O)n2C3)C1=O. The van der Waals surface area contributed by atoms with Crippen LogP contribution in [0.5, 0.6) is 0 Å². The van der Waals surface area contributed by atoms with Crippen LogP contribution in [0.2, 0.25) is 0 Å². The predicted octanol–water partition coefficient (Wildman–Crippen LogP) is 0.498. The molecule has 3 aliphatic heterocycles. The lowest BCUT2D eigenvalue weighted by Crippen LogP contribution is -2.52. The van der Waals surface area contributed by atoms with Gasteiger partial charge in [0.2, 0.25) is 5.91 Å². The Bertz CT molecular complexity index is 639. The van der Waals surface area contributed by atoms with E-state index in [0.29, 0.717) is 11.8 Å². The van der Waals surface area contributed by atoms with Crippen LogP contribution in [0.25, 0.3) is 0 Å². The second kappa shape index (κ2) is 4.70. The normalized spacial score (nSPS) is 32.3. The van der Waals surface area contributed by atoms with E-state index in [0.717, 1.165) is 44.7 Å². The van der Waals surface area contributed by atoms with Gasteiger partial charge in [0.25, 0.3) is 5.56 Å². The molecular formula is C16H21N3O2. The fourth-order valence-electron chi connectivity index (χ4n) is 4.33. The fourth-order valence-corrected chi connectivity index (χ4v) is 4.33. The van der Waals surface area contributed by atoms with Crippen LogP contribution >= 0.6 is 0 Å². The smallest absolute Gasteiger partial charge is 0.250 e. The first-order valence-corrected chi connectivity index (χ1v) is 7.82. The molecule has 0 radical (unpaired) electrons. The second-order valence-electron chi connectivity index (χ2n) is 6.72. The highest BCUT2D eigenvalue weighted by Crippen LogP contribution is 2.36. The highest BCUT2D eigenvalue weighted by Gasteiger charge is 2.41. The average molecular weight is 287 g/mol. The Kier molecular flexibility index (Phi) is 2.92. The zero-order valence-corrected chi connectivity index (χ0v) is 12.4. The molecule has 3 unspecified atom stereocenters. The van der Waals surface area contributed by atoms with Crippen molar-refractivity contribution in [2.24, 2.45) is 5.92 Å². The fraction of sp³-hybridized carbons (Fsp3) is 0.625. The first-order chi connectivity index (χ1) is 10.1. The zero-order chi connectivity index (χ0) is 14.6. The van der Waals surface area contributed by atoms with Crippen LogP contribution in [0.4, 0.5) is 0 Å². The molecule has 0 N–H and O–H groups in total. The van der Waals surface area contributed by atoms with Crippen molar-refractivity contribution in [3.05, 3.63) is 34.2 Å². The van der Waals surface area contributed by atoms with Crippen LogP contribution in [0.15, 0.2) is 23.0 Å². The van der Waals surface area contributed by atoms with Gasteiger partial charge in [-0.05, 0) is 24.8 Å². The van der Waals surface area contributed by atoms with E-state index in [1.54, 1.807) is 6.07 Å². The van der Waals surface area contributed by atoms with Crippen LogP contribution in [0.3, 0.4) is 0 Å². The number of likely N-dealkylation sites (tertiary alicyclic amines) is 2. The number of amides is 1. The van der Waals surface area contributed by atoms with E-state index in [1.807, 2.05) is 22.6 Å². The molecule has 1 amide bonds. The monoisotopic (exact) mass is 287 g/mol. The van der Waals surface area contributed by atoms with E-state index in [4.69, 9.17) is 0 Å². The summed E-state index contributed by atoms with van der Waals surface area (Å²) in [6.07, 6.45) is 2.09. The number of pyridine rings is 1. The van der Waals surface area contributed by atoms with Crippen molar-refractivity contribution >= 4 is 5.91 Å². The molecule has 0 aromatic carbocycles. The van der Waals surface area contributed by atoms with E-state index >= 15 is 0 Å². The van der Waals surface area contributed by atoms with Crippen LogP contribution in [-0.2, 0) is 11.3 Å². The van der Waals surface area contributed by atoms with Gasteiger partial charge in [0, 0.05) is 50.9 Å². The predicted molar refractivity (Wildman–Crippen MR) is 79.2 cm³/mol. The minimum atomic E-state index is 0.0577. The molecule has 0 spiro atoms. The van der Waals surface area contributed by atoms with Gasteiger partial charge in [0.15, 0.2) is 0 Å². The zero-order valence-electron chi connectivity index (χ0n) is 12.4. The number of fused-ring (bicyclic) bond motifs is 4. The van der Waals surface area contributed by atoms with Gasteiger partial charge in [-0.2, -0.15) is 0 Å².